The van der Waals surface area contributed by atoms with Crippen molar-refractivity contribution >= 4 is 46.7 Å². The van der Waals surface area contributed by atoms with Crippen LogP contribution in [0.2, 0.25) is 0 Å². The van der Waals surface area contributed by atoms with Gasteiger partial charge in [0, 0.05) is 30.6 Å². The highest BCUT2D eigenvalue weighted by Gasteiger charge is 2.63. The molecule has 0 bridgehead atoms. The van der Waals surface area contributed by atoms with Crippen LogP contribution >= 0.6 is 22.6 Å². The maximum Gasteiger partial charge on any atom is 0.410 e. The molecule has 2 saturated heterocycles. The lowest BCUT2D eigenvalue weighted by Gasteiger charge is -2.46. The first-order valence-corrected chi connectivity index (χ1v) is 16.8. The molecule has 1 aliphatic carbocycles. The predicted molar refractivity (Wildman–Crippen MR) is 175 cm³/mol. The van der Waals surface area contributed by atoms with Crippen LogP contribution in [0.1, 0.15) is 31.4 Å². The Morgan fingerprint density at radius 2 is 1.40 bits per heavy atom. The zero-order chi connectivity index (χ0) is 32.6. The van der Waals surface area contributed by atoms with Crippen LogP contribution in [0, 0.1) is 35.0 Å². The second kappa shape index (κ2) is 15.8. The van der Waals surface area contributed by atoms with E-state index in [1.54, 1.807) is 9.80 Å². The van der Waals surface area contributed by atoms with Crippen LogP contribution in [0.25, 0.3) is 0 Å². The van der Waals surface area contributed by atoms with Crippen molar-refractivity contribution in [1.29, 1.82) is 0 Å². The normalized spacial score (nSPS) is 25.5. The molecule has 0 aromatic heterocycles. The topological polar surface area (TPSA) is 112 Å². The van der Waals surface area contributed by atoms with E-state index in [-0.39, 0.29) is 55.1 Å². The number of fused-ring (bicyclic) bond motifs is 1. The van der Waals surface area contributed by atoms with E-state index in [4.69, 9.17) is 18.9 Å². The van der Waals surface area contributed by atoms with Gasteiger partial charge in [-0.2, -0.15) is 0 Å². The molecular formula is C34H43IN2O8. The Hall–Kier alpha value is -3.35. The van der Waals surface area contributed by atoms with Crippen LogP contribution < -0.4 is 0 Å². The number of carbonyl (C=O) groups excluding carboxylic acids is 4. The minimum Gasteiger partial charge on any atom is -0.469 e. The molecule has 2 heterocycles. The summed E-state index contributed by atoms with van der Waals surface area (Å²) in [5.74, 6) is 0.360. The highest BCUT2D eigenvalue weighted by atomic mass is 127. The van der Waals surface area contributed by atoms with Crippen molar-refractivity contribution in [3.05, 3.63) is 71.8 Å². The molecule has 10 nitrogen and oxygen atoms in total. The van der Waals surface area contributed by atoms with Gasteiger partial charge in [0.05, 0.1) is 25.6 Å². The SMILES string of the molecule is COC(=O)C12C[C@H](C)C1CN(C(=O)OCc1ccccc1)C2.COC(=O)C1CN(C(=O)OCc2ccccc2)CC1[C@@H](C)CI. The van der Waals surface area contributed by atoms with Crippen LogP contribution in [0.3, 0.4) is 0 Å². The largest absolute Gasteiger partial charge is 0.469 e. The highest BCUT2D eigenvalue weighted by Crippen LogP contribution is 2.56. The molecule has 11 heteroatoms. The van der Waals surface area contributed by atoms with Gasteiger partial charge < -0.3 is 28.7 Å². The summed E-state index contributed by atoms with van der Waals surface area (Å²) in [6, 6.07) is 19.1. The zero-order valence-corrected chi connectivity index (χ0v) is 28.5. The van der Waals surface area contributed by atoms with Gasteiger partial charge in [-0.1, -0.05) is 97.1 Å². The van der Waals surface area contributed by atoms with Crippen molar-refractivity contribution in [1.82, 2.24) is 9.80 Å². The standard InChI is InChI=1S/C17H22INO4.C17H21NO4/c1-12(8-18)14-9-19(10-15(14)16(20)22-2)17(21)23-11-13-6-4-3-5-7-13;1-12-8-17(15(19)21-2)11-18(9-14(12)17)16(20)22-10-13-6-4-3-5-7-13/h3-7,12,14-15H,8-11H2,1-2H3;3-7,12,14H,8-11H2,1-2H3/t12-,14?,15?;12-,14?,17?/m00/s1. The molecular weight excluding hydrogens is 691 g/mol. The predicted octanol–water partition coefficient (Wildman–Crippen LogP) is 5.57. The third kappa shape index (κ3) is 8.09. The summed E-state index contributed by atoms with van der Waals surface area (Å²) in [6.45, 7) is 6.60. The van der Waals surface area contributed by atoms with Crippen LogP contribution in [0.15, 0.2) is 60.7 Å². The van der Waals surface area contributed by atoms with Crippen molar-refractivity contribution in [2.75, 3.05) is 44.8 Å². The number of amides is 2. The maximum atomic E-state index is 12.3. The monoisotopic (exact) mass is 734 g/mol. The number of esters is 2. The molecule has 3 aliphatic rings. The van der Waals surface area contributed by atoms with Crippen molar-refractivity contribution in [3.8, 4) is 0 Å². The quantitative estimate of drug-likeness (QED) is 0.150. The fraction of sp³-hybridized carbons (Fsp3) is 0.529. The maximum absolute atomic E-state index is 12.3. The lowest BCUT2D eigenvalue weighted by atomic mass is 9.56. The molecule has 0 spiro atoms. The Kier molecular flexibility index (Phi) is 12.1. The summed E-state index contributed by atoms with van der Waals surface area (Å²) in [6.07, 6.45) is 0.0620. The summed E-state index contributed by atoms with van der Waals surface area (Å²) in [7, 11) is 2.80. The fourth-order valence-corrected chi connectivity index (χ4v) is 7.42. The smallest absolute Gasteiger partial charge is 0.410 e. The zero-order valence-electron chi connectivity index (χ0n) is 26.4. The molecule has 0 N–H and O–H groups in total. The van der Waals surface area contributed by atoms with E-state index in [1.165, 1.54) is 14.2 Å². The van der Waals surface area contributed by atoms with Gasteiger partial charge in [0.2, 0.25) is 0 Å². The van der Waals surface area contributed by atoms with Gasteiger partial charge in [-0.3, -0.25) is 9.59 Å². The van der Waals surface area contributed by atoms with Crippen LogP contribution in [0.4, 0.5) is 9.59 Å². The Bertz CT molecular complexity index is 1310. The molecule has 2 aromatic carbocycles. The number of alkyl halides is 1. The summed E-state index contributed by atoms with van der Waals surface area (Å²) in [5.41, 5.74) is 1.38. The Labute approximate surface area is 278 Å². The van der Waals surface area contributed by atoms with Crippen molar-refractivity contribution in [3.63, 3.8) is 0 Å². The van der Waals surface area contributed by atoms with E-state index in [0.29, 0.717) is 38.0 Å². The van der Waals surface area contributed by atoms with Crippen molar-refractivity contribution in [2.45, 2.75) is 33.5 Å². The second-order valence-corrected chi connectivity index (χ2v) is 13.1. The molecule has 6 atom stereocenters. The summed E-state index contributed by atoms with van der Waals surface area (Å²) in [4.78, 5) is 51.9. The highest BCUT2D eigenvalue weighted by molar-refractivity contribution is 14.1. The van der Waals surface area contributed by atoms with E-state index < -0.39 is 5.41 Å². The van der Waals surface area contributed by atoms with Gasteiger partial charge in [0.15, 0.2) is 0 Å². The average Bonchev–Trinajstić information content (AvgIpc) is 3.66. The molecule has 1 saturated carbocycles. The summed E-state index contributed by atoms with van der Waals surface area (Å²) in [5, 5.41) is 0. The van der Waals surface area contributed by atoms with Crippen molar-refractivity contribution in [2.24, 2.45) is 35.0 Å². The van der Waals surface area contributed by atoms with E-state index in [9.17, 15) is 19.2 Å². The third-order valence-electron chi connectivity index (χ3n) is 9.33. The first kappa shape index (κ1) is 34.5. The molecule has 2 aromatic rings. The van der Waals surface area contributed by atoms with E-state index in [1.807, 2.05) is 60.7 Å². The first-order valence-electron chi connectivity index (χ1n) is 15.3. The number of hydrogen-bond donors (Lipinski definition) is 0. The fourth-order valence-electron chi connectivity index (χ4n) is 6.76. The molecule has 3 fully saturated rings. The number of hydrogen-bond acceptors (Lipinski definition) is 8. The van der Waals surface area contributed by atoms with Gasteiger partial charge in [-0.25, -0.2) is 9.59 Å². The molecule has 244 valence electrons. The Morgan fingerprint density at radius 3 is 1.89 bits per heavy atom. The molecule has 2 amide bonds. The number of nitrogens with zero attached hydrogens (tertiary/aromatic N) is 2. The Morgan fingerprint density at radius 1 is 0.844 bits per heavy atom. The summed E-state index contributed by atoms with van der Waals surface area (Å²) >= 11 is 2.31. The minimum atomic E-state index is -0.514. The number of likely N-dealkylation sites (tertiary alicyclic amines) is 2. The van der Waals surface area contributed by atoms with Gasteiger partial charge in [-0.15, -0.1) is 0 Å². The van der Waals surface area contributed by atoms with E-state index >= 15 is 0 Å². The minimum absolute atomic E-state index is 0.114. The molecule has 0 radical (unpaired) electrons. The molecule has 45 heavy (non-hydrogen) atoms. The number of rotatable bonds is 8. The number of halogens is 1. The first-order chi connectivity index (χ1) is 21.6. The molecule has 4 unspecified atom stereocenters. The van der Waals surface area contributed by atoms with Gasteiger partial charge in [0.25, 0.3) is 0 Å². The van der Waals surface area contributed by atoms with E-state index in [0.717, 1.165) is 22.0 Å². The number of methoxy groups -OCH3 is 2. The summed E-state index contributed by atoms with van der Waals surface area (Å²) < 4.78 is 21.5. The molecule has 2 aliphatic heterocycles. The van der Waals surface area contributed by atoms with Gasteiger partial charge >= 0.3 is 24.1 Å². The van der Waals surface area contributed by atoms with Gasteiger partial charge in [-0.05, 0) is 41.2 Å². The number of ether oxygens (including phenoxy) is 4. The lowest BCUT2D eigenvalue weighted by molar-refractivity contribution is -0.165. The van der Waals surface area contributed by atoms with E-state index in [2.05, 4.69) is 36.4 Å². The van der Waals surface area contributed by atoms with Gasteiger partial charge in [0.1, 0.15) is 13.2 Å². The van der Waals surface area contributed by atoms with Crippen molar-refractivity contribution < 1.29 is 38.1 Å². The lowest BCUT2D eigenvalue weighted by Crippen LogP contribution is -2.52. The van der Waals surface area contributed by atoms with Crippen LogP contribution in [-0.4, -0.2) is 78.8 Å². The Balaban J connectivity index is 0.000000205. The van der Waals surface area contributed by atoms with Crippen LogP contribution in [-0.2, 0) is 41.8 Å². The number of benzene rings is 2. The number of carbonyl (C=O) groups is 4. The molecule has 5 rings (SSSR count). The van der Waals surface area contributed by atoms with Crippen LogP contribution in [0.5, 0.6) is 0 Å². The second-order valence-electron chi connectivity index (χ2n) is 12.2. The average molecular weight is 735 g/mol. The third-order valence-corrected chi connectivity index (χ3v) is 10.7.